The van der Waals surface area contributed by atoms with Crippen LogP contribution in [-0.4, -0.2) is 23.9 Å². The molecule has 0 aliphatic heterocycles. The first-order chi connectivity index (χ1) is 7.20. The molecule has 0 saturated heterocycles. The van der Waals surface area contributed by atoms with Gasteiger partial charge in [-0.25, -0.2) is 0 Å². The lowest BCUT2D eigenvalue weighted by Crippen LogP contribution is -2.40. The van der Waals surface area contributed by atoms with Crippen LogP contribution in [0, 0.1) is 11.8 Å². The van der Waals surface area contributed by atoms with Crippen molar-refractivity contribution < 1.29 is 4.79 Å². The normalized spacial score (nSPS) is 27.5. The highest BCUT2D eigenvalue weighted by molar-refractivity contribution is 5.79. The molecule has 2 nitrogen and oxygen atoms in total. The van der Waals surface area contributed by atoms with Gasteiger partial charge in [0.2, 0.25) is 5.91 Å². The Hall–Kier alpha value is -0.790. The van der Waals surface area contributed by atoms with Crippen molar-refractivity contribution in [3.05, 3.63) is 12.2 Å². The Morgan fingerprint density at radius 2 is 2.07 bits per heavy atom. The Labute approximate surface area is 92.3 Å². The summed E-state index contributed by atoms with van der Waals surface area (Å²) in [5.74, 6) is 1.39. The maximum atomic E-state index is 12.2. The summed E-state index contributed by atoms with van der Waals surface area (Å²) in [6.45, 7) is 2.19. The van der Waals surface area contributed by atoms with Gasteiger partial charge in [-0.1, -0.05) is 12.2 Å². The van der Waals surface area contributed by atoms with E-state index in [0.29, 0.717) is 11.9 Å². The second kappa shape index (κ2) is 4.38. The zero-order valence-corrected chi connectivity index (χ0v) is 9.78. The molecule has 84 valence electrons. The van der Waals surface area contributed by atoms with Crippen LogP contribution in [0.4, 0.5) is 0 Å². The van der Waals surface area contributed by atoms with Crippen LogP contribution in [0.5, 0.6) is 0 Å². The number of rotatable bonds is 3. The van der Waals surface area contributed by atoms with E-state index in [1.807, 2.05) is 11.9 Å². The van der Waals surface area contributed by atoms with Crippen molar-refractivity contribution in [3.8, 4) is 0 Å². The first-order valence-corrected chi connectivity index (χ1v) is 6.12. The molecule has 1 amide bonds. The van der Waals surface area contributed by atoms with Crippen molar-refractivity contribution >= 4 is 5.91 Å². The van der Waals surface area contributed by atoms with E-state index in [2.05, 4.69) is 19.1 Å². The van der Waals surface area contributed by atoms with E-state index < -0.39 is 0 Å². The minimum absolute atomic E-state index is 0.251. The van der Waals surface area contributed by atoms with Crippen molar-refractivity contribution in [1.29, 1.82) is 0 Å². The highest BCUT2D eigenvalue weighted by atomic mass is 16.2. The van der Waals surface area contributed by atoms with Crippen LogP contribution in [0.25, 0.3) is 0 Å². The van der Waals surface area contributed by atoms with E-state index in [4.69, 9.17) is 0 Å². The molecule has 2 aliphatic carbocycles. The summed E-state index contributed by atoms with van der Waals surface area (Å²) in [5, 5.41) is 0. The van der Waals surface area contributed by atoms with Crippen molar-refractivity contribution in [2.24, 2.45) is 11.8 Å². The number of nitrogens with zero attached hydrogens (tertiary/aromatic N) is 1. The van der Waals surface area contributed by atoms with Gasteiger partial charge in [-0.3, -0.25) is 4.79 Å². The van der Waals surface area contributed by atoms with Crippen LogP contribution >= 0.6 is 0 Å². The van der Waals surface area contributed by atoms with Crippen molar-refractivity contribution in [1.82, 2.24) is 4.90 Å². The van der Waals surface area contributed by atoms with Gasteiger partial charge in [0, 0.05) is 19.0 Å². The van der Waals surface area contributed by atoms with Crippen molar-refractivity contribution in [2.75, 3.05) is 7.05 Å². The summed E-state index contributed by atoms with van der Waals surface area (Å²) in [6, 6.07) is 0.448. The molecular weight excluding hydrogens is 186 g/mol. The first-order valence-electron chi connectivity index (χ1n) is 6.12. The van der Waals surface area contributed by atoms with Gasteiger partial charge in [-0.2, -0.15) is 0 Å². The Kier molecular flexibility index (Phi) is 3.13. The average molecular weight is 207 g/mol. The molecule has 2 heteroatoms. The monoisotopic (exact) mass is 207 g/mol. The molecule has 0 spiro atoms. The molecule has 0 N–H and O–H groups in total. The molecule has 2 rings (SSSR count). The van der Waals surface area contributed by atoms with Gasteiger partial charge < -0.3 is 4.90 Å². The number of carbonyl (C=O) groups is 1. The number of hydrogen-bond acceptors (Lipinski definition) is 1. The highest BCUT2D eigenvalue weighted by Gasteiger charge is 2.34. The van der Waals surface area contributed by atoms with Gasteiger partial charge in [-0.15, -0.1) is 0 Å². The van der Waals surface area contributed by atoms with Gasteiger partial charge in [-0.05, 0) is 44.9 Å². The van der Waals surface area contributed by atoms with Crippen LogP contribution < -0.4 is 0 Å². The molecule has 2 atom stereocenters. The van der Waals surface area contributed by atoms with Crippen LogP contribution in [0.2, 0.25) is 0 Å². The zero-order chi connectivity index (χ0) is 10.8. The van der Waals surface area contributed by atoms with Crippen LogP contribution in [0.1, 0.15) is 39.0 Å². The molecule has 1 saturated carbocycles. The van der Waals surface area contributed by atoms with Crippen LogP contribution in [0.15, 0.2) is 12.2 Å². The van der Waals surface area contributed by atoms with Gasteiger partial charge >= 0.3 is 0 Å². The Morgan fingerprint density at radius 3 is 2.60 bits per heavy atom. The minimum atomic E-state index is 0.251. The minimum Gasteiger partial charge on any atom is -0.343 e. The lowest BCUT2D eigenvalue weighted by atomic mass is 9.92. The molecule has 0 heterocycles. The van der Waals surface area contributed by atoms with Crippen molar-refractivity contribution in [3.63, 3.8) is 0 Å². The molecule has 2 aliphatic rings. The smallest absolute Gasteiger partial charge is 0.225 e. The van der Waals surface area contributed by atoms with E-state index in [9.17, 15) is 4.79 Å². The third kappa shape index (κ3) is 2.42. The standard InChI is InChI=1S/C13H21NO/c1-10(11-8-9-11)14(2)13(15)12-6-4-3-5-7-12/h3-4,10-12H,5-9H2,1-2H3/t10-,12+/m1/s1. The van der Waals surface area contributed by atoms with E-state index in [-0.39, 0.29) is 5.92 Å². The van der Waals surface area contributed by atoms with Gasteiger partial charge in [0.15, 0.2) is 0 Å². The Morgan fingerprint density at radius 1 is 1.33 bits per heavy atom. The molecule has 0 aromatic rings. The third-order valence-corrected chi connectivity index (χ3v) is 3.88. The van der Waals surface area contributed by atoms with E-state index >= 15 is 0 Å². The lowest BCUT2D eigenvalue weighted by molar-refractivity contribution is -0.136. The molecule has 0 radical (unpaired) electrons. The zero-order valence-electron chi connectivity index (χ0n) is 9.78. The maximum Gasteiger partial charge on any atom is 0.225 e. The predicted octanol–water partition coefficient (Wildman–Crippen LogP) is 2.60. The fraction of sp³-hybridized carbons (Fsp3) is 0.769. The molecular formula is C13H21NO. The number of carbonyl (C=O) groups excluding carboxylic acids is 1. The highest BCUT2D eigenvalue weighted by Crippen LogP contribution is 2.35. The van der Waals surface area contributed by atoms with Crippen molar-refractivity contribution in [2.45, 2.75) is 45.1 Å². The lowest BCUT2D eigenvalue weighted by Gasteiger charge is -2.29. The summed E-state index contributed by atoms with van der Waals surface area (Å²) < 4.78 is 0. The van der Waals surface area contributed by atoms with E-state index in [1.54, 1.807) is 0 Å². The second-order valence-corrected chi connectivity index (χ2v) is 5.01. The number of amides is 1. The molecule has 0 bridgehead atoms. The molecule has 0 aromatic carbocycles. The summed E-state index contributed by atoms with van der Waals surface area (Å²) >= 11 is 0. The predicted molar refractivity (Wildman–Crippen MR) is 61.4 cm³/mol. The fourth-order valence-corrected chi connectivity index (χ4v) is 2.40. The molecule has 0 unspecified atom stereocenters. The quantitative estimate of drug-likeness (QED) is 0.651. The van der Waals surface area contributed by atoms with Crippen LogP contribution in [0.3, 0.4) is 0 Å². The van der Waals surface area contributed by atoms with Gasteiger partial charge in [0.05, 0.1) is 0 Å². The second-order valence-electron chi connectivity index (χ2n) is 5.01. The van der Waals surface area contributed by atoms with Gasteiger partial charge in [0.1, 0.15) is 0 Å². The van der Waals surface area contributed by atoms with Crippen LogP contribution in [-0.2, 0) is 4.79 Å². The Balaban J connectivity index is 1.90. The summed E-state index contributed by atoms with van der Waals surface area (Å²) in [7, 11) is 1.98. The largest absolute Gasteiger partial charge is 0.343 e. The maximum absolute atomic E-state index is 12.2. The topological polar surface area (TPSA) is 20.3 Å². The SMILES string of the molecule is C[C@H](C1CC1)N(C)C(=O)[C@H]1CC=CCC1. The number of allylic oxidation sites excluding steroid dienone is 2. The average Bonchev–Trinajstić information content (AvgIpc) is 3.11. The van der Waals surface area contributed by atoms with Gasteiger partial charge in [0.25, 0.3) is 0 Å². The molecule has 15 heavy (non-hydrogen) atoms. The number of hydrogen-bond donors (Lipinski definition) is 0. The van der Waals surface area contributed by atoms with E-state index in [0.717, 1.165) is 25.2 Å². The summed E-state index contributed by atoms with van der Waals surface area (Å²) in [6.07, 6.45) is 10.0. The first kappa shape index (κ1) is 10.7. The summed E-state index contributed by atoms with van der Waals surface area (Å²) in [5.41, 5.74) is 0. The fourth-order valence-electron chi connectivity index (χ4n) is 2.40. The Bertz CT molecular complexity index is 268. The molecule has 0 aromatic heterocycles. The third-order valence-electron chi connectivity index (χ3n) is 3.88. The van der Waals surface area contributed by atoms with E-state index in [1.165, 1.54) is 12.8 Å². The molecule has 1 fully saturated rings. The summed E-state index contributed by atoms with van der Waals surface area (Å²) in [4.78, 5) is 14.2.